The van der Waals surface area contributed by atoms with E-state index in [-0.39, 0.29) is 5.91 Å². The van der Waals surface area contributed by atoms with E-state index in [2.05, 4.69) is 41.5 Å². The van der Waals surface area contributed by atoms with Crippen LogP contribution in [0.5, 0.6) is 0 Å². The molecule has 1 aliphatic rings. The number of likely N-dealkylation sites (tertiary alicyclic amines) is 1. The molecule has 0 aliphatic carbocycles. The number of thioether (sulfide) groups is 1. The lowest BCUT2D eigenvalue weighted by Gasteiger charge is -2.15. The fraction of sp³-hybridized carbons (Fsp3) is 0.318. The molecule has 2 aromatic carbocycles. The van der Waals surface area contributed by atoms with E-state index in [9.17, 15) is 4.79 Å². The molecule has 0 saturated carbocycles. The van der Waals surface area contributed by atoms with Gasteiger partial charge in [0.25, 0.3) is 5.91 Å². The van der Waals surface area contributed by atoms with Crippen LogP contribution in [0.4, 0.5) is 10.8 Å². The molecule has 0 spiro atoms. The Balaban J connectivity index is 1.33. The molecule has 4 rings (SSSR count). The third-order valence-corrected chi connectivity index (χ3v) is 7.25. The molecule has 2 heterocycles. The summed E-state index contributed by atoms with van der Waals surface area (Å²) >= 11 is 3.22. The van der Waals surface area contributed by atoms with Crippen molar-refractivity contribution in [3.05, 3.63) is 64.7 Å². The predicted molar refractivity (Wildman–Crippen MR) is 120 cm³/mol. The smallest absolute Gasteiger partial charge is 0.253 e. The Labute approximate surface area is 179 Å². The number of hydrogen-bond donors (Lipinski definition) is 1. The van der Waals surface area contributed by atoms with Gasteiger partial charge in [-0.3, -0.25) is 4.79 Å². The predicted octanol–water partition coefficient (Wildman–Crippen LogP) is 5.43. The highest BCUT2D eigenvalue weighted by atomic mass is 32.2. The fourth-order valence-corrected chi connectivity index (χ4v) is 5.03. The number of nitrogens with one attached hydrogen (secondary N) is 1. The van der Waals surface area contributed by atoms with E-state index in [0.717, 1.165) is 52.4 Å². The molecule has 1 aromatic heterocycles. The van der Waals surface area contributed by atoms with Gasteiger partial charge in [0, 0.05) is 30.1 Å². The number of nitrogens with zero attached hydrogens (tertiary/aromatic N) is 3. The van der Waals surface area contributed by atoms with Crippen LogP contribution in [0.3, 0.4) is 0 Å². The van der Waals surface area contributed by atoms with Gasteiger partial charge in [-0.05, 0) is 61.6 Å². The summed E-state index contributed by atoms with van der Waals surface area (Å²) in [6, 6.07) is 14.1. The van der Waals surface area contributed by atoms with Crippen molar-refractivity contribution in [2.24, 2.45) is 0 Å². The van der Waals surface area contributed by atoms with Gasteiger partial charge in [0.05, 0.1) is 0 Å². The lowest BCUT2D eigenvalue weighted by molar-refractivity contribution is 0.0793. The molecule has 1 amide bonds. The number of hydrogen-bond acceptors (Lipinski definition) is 6. The quantitative estimate of drug-likeness (QED) is 0.535. The van der Waals surface area contributed by atoms with Crippen LogP contribution in [0.15, 0.2) is 46.8 Å². The maximum absolute atomic E-state index is 12.4. The largest absolute Gasteiger partial charge is 0.339 e. The average molecular weight is 425 g/mol. The lowest BCUT2D eigenvalue weighted by Crippen LogP contribution is -2.27. The molecule has 7 heteroatoms. The summed E-state index contributed by atoms with van der Waals surface area (Å²) in [7, 11) is 0. The number of carbonyl (C=O) groups excluding carboxylic acids is 1. The zero-order valence-corrected chi connectivity index (χ0v) is 18.3. The van der Waals surface area contributed by atoms with E-state index in [4.69, 9.17) is 0 Å². The molecule has 0 bridgehead atoms. The Hall–Kier alpha value is -2.38. The van der Waals surface area contributed by atoms with Gasteiger partial charge in [0.2, 0.25) is 5.13 Å². The number of benzene rings is 2. The molecule has 1 saturated heterocycles. The second-order valence-electron chi connectivity index (χ2n) is 7.23. The first-order valence-corrected chi connectivity index (χ1v) is 11.6. The SMILES string of the molecule is Cc1cccc(Nc2nnc(SCc3ccc(C(=O)N4CCCC4)cc3)s2)c1C. The van der Waals surface area contributed by atoms with Gasteiger partial charge in [-0.1, -0.05) is 47.4 Å². The molecule has 1 fully saturated rings. The Morgan fingerprint density at radius 3 is 2.62 bits per heavy atom. The monoisotopic (exact) mass is 424 g/mol. The van der Waals surface area contributed by atoms with Gasteiger partial charge in [-0.25, -0.2) is 0 Å². The molecule has 0 unspecified atom stereocenters. The molecular weight excluding hydrogens is 400 g/mol. The minimum atomic E-state index is 0.146. The van der Waals surface area contributed by atoms with E-state index < -0.39 is 0 Å². The van der Waals surface area contributed by atoms with E-state index in [1.807, 2.05) is 35.2 Å². The molecule has 0 atom stereocenters. The summed E-state index contributed by atoms with van der Waals surface area (Å²) in [6.45, 7) is 5.97. The van der Waals surface area contributed by atoms with Gasteiger partial charge < -0.3 is 10.2 Å². The highest BCUT2D eigenvalue weighted by molar-refractivity contribution is 8.00. The van der Waals surface area contributed by atoms with Crippen molar-refractivity contribution in [3.8, 4) is 0 Å². The van der Waals surface area contributed by atoms with Gasteiger partial charge in [-0.15, -0.1) is 10.2 Å². The van der Waals surface area contributed by atoms with Crippen molar-refractivity contribution in [1.29, 1.82) is 0 Å². The van der Waals surface area contributed by atoms with Crippen LogP contribution in [0.25, 0.3) is 0 Å². The minimum absolute atomic E-state index is 0.146. The van der Waals surface area contributed by atoms with Crippen LogP contribution in [0.2, 0.25) is 0 Å². The number of amides is 1. The van der Waals surface area contributed by atoms with Gasteiger partial charge in [-0.2, -0.15) is 0 Å². The summed E-state index contributed by atoms with van der Waals surface area (Å²) in [5, 5.41) is 12.7. The number of anilines is 2. The Bertz CT molecular complexity index is 994. The Morgan fingerprint density at radius 1 is 1.10 bits per heavy atom. The maximum atomic E-state index is 12.4. The zero-order valence-electron chi connectivity index (χ0n) is 16.6. The second kappa shape index (κ2) is 8.97. The van der Waals surface area contributed by atoms with Gasteiger partial charge >= 0.3 is 0 Å². The summed E-state index contributed by atoms with van der Waals surface area (Å²) in [6.07, 6.45) is 2.23. The van der Waals surface area contributed by atoms with Gasteiger partial charge in [0.1, 0.15) is 0 Å². The first-order valence-electron chi connectivity index (χ1n) is 9.78. The number of rotatable bonds is 6. The van der Waals surface area contributed by atoms with Crippen LogP contribution in [0.1, 0.15) is 39.9 Å². The molecule has 1 aliphatic heterocycles. The van der Waals surface area contributed by atoms with Crippen molar-refractivity contribution >= 4 is 39.8 Å². The number of aromatic nitrogens is 2. The topological polar surface area (TPSA) is 58.1 Å². The summed E-state index contributed by atoms with van der Waals surface area (Å²) < 4.78 is 0.926. The number of aryl methyl sites for hydroxylation is 1. The van der Waals surface area contributed by atoms with Crippen LogP contribution in [-0.4, -0.2) is 34.1 Å². The Kier molecular flexibility index (Phi) is 6.16. The van der Waals surface area contributed by atoms with Crippen LogP contribution >= 0.6 is 23.1 Å². The fourth-order valence-electron chi connectivity index (χ4n) is 3.31. The highest BCUT2D eigenvalue weighted by Gasteiger charge is 2.19. The van der Waals surface area contributed by atoms with Crippen molar-refractivity contribution in [3.63, 3.8) is 0 Å². The molecule has 5 nitrogen and oxygen atoms in total. The highest BCUT2D eigenvalue weighted by Crippen LogP contribution is 2.31. The van der Waals surface area contributed by atoms with Crippen molar-refractivity contribution in [1.82, 2.24) is 15.1 Å². The first-order chi connectivity index (χ1) is 14.1. The summed E-state index contributed by atoms with van der Waals surface area (Å²) in [4.78, 5) is 14.4. The van der Waals surface area contributed by atoms with E-state index in [1.54, 1.807) is 23.1 Å². The molecule has 150 valence electrons. The van der Waals surface area contributed by atoms with Crippen LogP contribution < -0.4 is 5.32 Å². The third-order valence-electron chi connectivity index (χ3n) is 5.21. The first kappa shape index (κ1) is 19.9. The minimum Gasteiger partial charge on any atom is -0.339 e. The van der Waals surface area contributed by atoms with Crippen molar-refractivity contribution in [2.45, 2.75) is 36.8 Å². The maximum Gasteiger partial charge on any atom is 0.253 e. The molecular formula is C22H24N4OS2. The molecule has 0 radical (unpaired) electrons. The van der Waals surface area contributed by atoms with Crippen molar-refractivity contribution < 1.29 is 4.79 Å². The number of carbonyl (C=O) groups is 1. The van der Waals surface area contributed by atoms with E-state index >= 15 is 0 Å². The summed E-state index contributed by atoms with van der Waals surface area (Å²) in [5.41, 5.74) is 5.49. The third kappa shape index (κ3) is 4.79. The molecule has 1 N–H and O–H groups in total. The van der Waals surface area contributed by atoms with Crippen LogP contribution in [0, 0.1) is 13.8 Å². The van der Waals surface area contributed by atoms with Crippen LogP contribution in [-0.2, 0) is 5.75 Å². The molecule has 29 heavy (non-hydrogen) atoms. The molecule has 3 aromatic rings. The standard InChI is InChI=1S/C22H24N4OS2/c1-15-6-5-7-19(16(15)2)23-21-24-25-22(29-21)28-14-17-8-10-18(11-9-17)20(27)26-12-3-4-13-26/h5-11H,3-4,12-14H2,1-2H3,(H,23,24). The lowest BCUT2D eigenvalue weighted by atomic mass is 10.1. The second-order valence-corrected chi connectivity index (χ2v) is 9.43. The normalized spacial score (nSPS) is 13.7. The zero-order chi connectivity index (χ0) is 20.2. The average Bonchev–Trinajstić information content (AvgIpc) is 3.42. The Morgan fingerprint density at radius 2 is 1.86 bits per heavy atom. The van der Waals surface area contributed by atoms with Gasteiger partial charge in [0.15, 0.2) is 4.34 Å². The van der Waals surface area contributed by atoms with E-state index in [0.29, 0.717) is 0 Å². The van der Waals surface area contributed by atoms with Crippen molar-refractivity contribution in [2.75, 3.05) is 18.4 Å². The van der Waals surface area contributed by atoms with E-state index in [1.165, 1.54) is 16.7 Å². The summed E-state index contributed by atoms with van der Waals surface area (Å²) in [5.74, 6) is 0.948.